The third-order valence-electron chi connectivity index (χ3n) is 1.91. The second-order valence-electron chi connectivity index (χ2n) is 3.10. The Morgan fingerprint density at radius 1 is 1.08 bits per heavy atom. The molecule has 0 aliphatic heterocycles. The van der Waals surface area contributed by atoms with Crippen molar-refractivity contribution in [2.75, 3.05) is 0 Å². The van der Waals surface area contributed by atoms with Crippen molar-refractivity contribution in [2.45, 2.75) is 49.9 Å². The summed E-state index contributed by atoms with van der Waals surface area (Å²) in [6.45, 7) is 2.19. The van der Waals surface area contributed by atoms with Crippen LogP contribution in [0.4, 0.5) is 0 Å². The summed E-state index contributed by atoms with van der Waals surface area (Å²) in [6.07, 6.45) is 7.24. The molecule has 0 bridgehead atoms. The summed E-state index contributed by atoms with van der Waals surface area (Å²) in [4.78, 5) is 10.0. The van der Waals surface area contributed by atoms with Crippen molar-refractivity contribution in [1.29, 1.82) is 0 Å². The van der Waals surface area contributed by atoms with E-state index in [0.717, 1.165) is 17.3 Å². The molecule has 0 aromatic heterocycles. The summed E-state index contributed by atoms with van der Waals surface area (Å²) in [5.74, 6) is 0. The second-order valence-corrected chi connectivity index (χ2v) is 7.86. The Labute approximate surface area is 81.9 Å². The summed E-state index contributed by atoms with van der Waals surface area (Å²) in [7, 11) is 0. The zero-order valence-corrected chi connectivity index (χ0v) is 10.7. The Morgan fingerprint density at radius 3 is 2.25 bits per heavy atom. The molecule has 0 heterocycles. The Bertz CT molecular complexity index is 134. The maximum atomic E-state index is 10.8. The molecule has 12 heavy (non-hydrogen) atoms. The van der Waals surface area contributed by atoms with Gasteiger partial charge in [-0.3, -0.25) is 0 Å². The van der Waals surface area contributed by atoms with E-state index in [9.17, 15) is 7.87 Å². The van der Waals surface area contributed by atoms with Gasteiger partial charge in [0.15, 0.2) is 0 Å². The van der Waals surface area contributed by atoms with Gasteiger partial charge in [0, 0.05) is 0 Å². The van der Waals surface area contributed by atoms with Crippen LogP contribution in [-0.2, 0) is 7.87 Å². The number of rotatable bonds is 8. The van der Waals surface area contributed by atoms with E-state index >= 15 is 0 Å². The van der Waals surface area contributed by atoms with E-state index in [-0.39, 0.29) is 0 Å². The van der Waals surface area contributed by atoms with Crippen LogP contribution in [0.15, 0.2) is 0 Å². The van der Waals surface area contributed by atoms with Gasteiger partial charge >= 0.3 is 81.8 Å². The van der Waals surface area contributed by atoms with Crippen molar-refractivity contribution in [1.82, 2.24) is 0 Å². The Balaban J connectivity index is 3.00. The van der Waals surface area contributed by atoms with E-state index < -0.39 is 19.7 Å². The fourth-order valence-electron chi connectivity index (χ4n) is 1.14. The molecule has 0 unspecified atom stereocenters. The average Bonchev–Trinajstić information content (AvgIpc) is 2.10. The van der Waals surface area contributed by atoms with Gasteiger partial charge in [0.25, 0.3) is 0 Å². The first-order valence-electron chi connectivity index (χ1n) is 4.79. The molecule has 0 saturated heterocycles. The quantitative estimate of drug-likeness (QED) is 0.388. The molecule has 3 heteroatoms. The topological polar surface area (TPSA) is 34.1 Å². The third-order valence-corrected chi connectivity index (χ3v) is 5.07. The molecule has 0 spiro atoms. The zero-order chi connectivity index (χ0) is 9.23. The van der Waals surface area contributed by atoms with Crippen LogP contribution in [-0.4, -0.2) is 24.0 Å². The summed E-state index contributed by atoms with van der Waals surface area (Å²) < 4.78 is 12.2. The molecule has 0 aliphatic rings. The molecule has 0 N–H and O–H groups in total. The molecule has 0 aromatic rings. The molecular weight excluding hydrogens is 259 g/mol. The average molecular weight is 277 g/mol. The van der Waals surface area contributed by atoms with Gasteiger partial charge in [-0.2, -0.15) is 0 Å². The fourth-order valence-corrected chi connectivity index (χ4v) is 3.18. The van der Waals surface area contributed by atoms with Crippen LogP contribution >= 0.6 is 0 Å². The SMILES string of the molecule is CCCCCCC[CH2][Sn](=[O])[CH]=O. The van der Waals surface area contributed by atoms with E-state index in [4.69, 9.17) is 0 Å². The van der Waals surface area contributed by atoms with Crippen LogP contribution in [0.5, 0.6) is 0 Å². The zero-order valence-electron chi connectivity index (χ0n) is 7.84. The van der Waals surface area contributed by atoms with Gasteiger partial charge in [-0.1, -0.05) is 0 Å². The molecular formula is C9H18O2Sn. The third kappa shape index (κ3) is 8.37. The van der Waals surface area contributed by atoms with Crippen molar-refractivity contribution < 1.29 is 7.87 Å². The van der Waals surface area contributed by atoms with Crippen molar-refractivity contribution in [3.05, 3.63) is 0 Å². The second kappa shape index (κ2) is 9.36. The van der Waals surface area contributed by atoms with E-state index in [1.54, 1.807) is 0 Å². The Kier molecular flexibility index (Phi) is 9.57. The van der Waals surface area contributed by atoms with Crippen molar-refractivity contribution in [3.63, 3.8) is 0 Å². The molecule has 0 atom stereocenters. The van der Waals surface area contributed by atoms with Crippen molar-refractivity contribution >= 4 is 24.0 Å². The van der Waals surface area contributed by atoms with Crippen LogP contribution in [0.25, 0.3) is 0 Å². The number of carbonyl (C=O) groups is 1. The van der Waals surface area contributed by atoms with Gasteiger partial charge < -0.3 is 0 Å². The van der Waals surface area contributed by atoms with Crippen LogP contribution in [0.3, 0.4) is 0 Å². The normalized spacial score (nSPS) is 9.75. The molecule has 0 rings (SSSR count). The summed E-state index contributed by atoms with van der Waals surface area (Å²) >= 11 is -2.67. The van der Waals surface area contributed by atoms with Gasteiger partial charge in [0.05, 0.1) is 0 Å². The molecule has 0 amide bonds. The van der Waals surface area contributed by atoms with E-state index in [1.165, 1.54) is 25.7 Å². The van der Waals surface area contributed by atoms with Crippen LogP contribution in [0, 0.1) is 0 Å². The first kappa shape index (κ1) is 12.3. The molecule has 2 nitrogen and oxygen atoms in total. The Hall–Kier alpha value is 0.269. The predicted octanol–water partition coefficient (Wildman–Crippen LogP) is 2.54. The van der Waals surface area contributed by atoms with E-state index in [0.29, 0.717) is 4.30 Å². The summed E-state index contributed by atoms with van der Waals surface area (Å²) in [6, 6.07) is 0. The number of hydrogen-bond acceptors (Lipinski definition) is 2. The molecule has 0 fully saturated rings. The Morgan fingerprint density at radius 2 is 1.67 bits per heavy atom. The summed E-state index contributed by atoms with van der Waals surface area (Å²) in [5.41, 5.74) is 0. The predicted molar refractivity (Wildman–Crippen MR) is 51.4 cm³/mol. The van der Waals surface area contributed by atoms with Gasteiger partial charge in [0.1, 0.15) is 0 Å². The minimum absolute atomic E-state index is 0.703. The monoisotopic (exact) mass is 278 g/mol. The molecule has 0 saturated carbocycles. The van der Waals surface area contributed by atoms with Crippen LogP contribution in [0.2, 0.25) is 4.44 Å². The number of carbonyl (C=O) groups excluding carboxylic acids is 1. The first-order valence-corrected chi connectivity index (χ1v) is 9.62. The van der Waals surface area contributed by atoms with E-state index in [1.807, 2.05) is 0 Å². The fraction of sp³-hybridized carbons (Fsp3) is 0.889. The maximum absolute atomic E-state index is 10.8. The van der Waals surface area contributed by atoms with Gasteiger partial charge in [-0.25, -0.2) is 0 Å². The van der Waals surface area contributed by atoms with Gasteiger partial charge in [-0.05, 0) is 0 Å². The molecule has 0 aliphatic carbocycles. The van der Waals surface area contributed by atoms with Gasteiger partial charge in [0.2, 0.25) is 0 Å². The van der Waals surface area contributed by atoms with Crippen molar-refractivity contribution in [3.8, 4) is 0 Å². The van der Waals surface area contributed by atoms with Crippen molar-refractivity contribution in [2.24, 2.45) is 0 Å². The number of hydrogen-bond donors (Lipinski definition) is 0. The minimum atomic E-state index is -2.67. The van der Waals surface area contributed by atoms with Crippen LogP contribution < -0.4 is 0 Å². The summed E-state index contributed by atoms with van der Waals surface area (Å²) in [5, 5.41) is 0. The van der Waals surface area contributed by atoms with Crippen LogP contribution in [0.1, 0.15) is 45.4 Å². The number of unbranched alkanes of at least 4 members (excludes halogenated alkanes) is 5. The van der Waals surface area contributed by atoms with Gasteiger partial charge in [-0.15, -0.1) is 0 Å². The standard InChI is InChI=1S/C8H17.CHO.O.Sn/c1-3-5-7-8-6-4-2;1-2;;/h1,3-8H2,2H3;1H;;. The molecule has 70 valence electrons. The molecule has 0 radical (unpaired) electrons. The first-order chi connectivity index (χ1) is 5.81. The van der Waals surface area contributed by atoms with E-state index in [2.05, 4.69) is 6.92 Å². The molecule has 0 aromatic carbocycles.